The third-order valence-electron chi connectivity index (χ3n) is 2.71. The van der Waals surface area contributed by atoms with Gasteiger partial charge < -0.3 is 5.32 Å². The molecule has 0 aliphatic rings. The molecule has 6 heteroatoms. The number of hydrogen-bond acceptors (Lipinski definition) is 4. The van der Waals surface area contributed by atoms with Crippen molar-refractivity contribution in [2.75, 3.05) is 5.32 Å². The van der Waals surface area contributed by atoms with Gasteiger partial charge in [0.05, 0.1) is 18.4 Å². The Morgan fingerprint density at radius 2 is 2.31 bits per heavy atom. The van der Waals surface area contributed by atoms with Gasteiger partial charge in [-0.3, -0.25) is 9.78 Å². The van der Waals surface area contributed by atoms with Crippen molar-refractivity contribution in [1.29, 1.82) is 0 Å². The number of nitrogens with zero attached hydrogens (tertiary/aromatic N) is 4. The lowest BCUT2D eigenvalue weighted by Crippen LogP contribution is -2.06. The van der Waals surface area contributed by atoms with Crippen molar-refractivity contribution in [2.45, 2.75) is 26.8 Å². The van der Waals surface area contributed by atoms with Crippen LogP contribution in [0.1, 0.15) is 23.9 Å². The fraction of sp³-hybridized carbons (Fsp3) is 0.500. The van der Waals surface area contributed by atoms with E-state index in [-0.39, 0.29) is 0 Å². The van der Waals surface area contributed by atoms with Gasteiger partial charge >= 0.3 is 0 Å². The first-order valence-corrected chi connectivity index (χ1v) is 5.33. The number of H-pyrrole nitrogens is 1. The normalized spacial score (nSPS) is 10.7. The Bertz CT molecular complexity index is 469. The molecule has 0 amide bonds. The molecular formula is C10H16N6. The van der Waals surface area contributed by atoms with E-state index in [1.807, 2.05) is 7.05 Å². The highest BCUT2D eigenvalue weighted by molar-refractivity contribution is 5.45. The van der Waals surface area contributed by atoms with Gasteiger partial charge in [-0.2, -0.15) is 5.10 Å². The molecule has 6 nitrogen and oxygen atoms in total. The molecule has 0 aliphatic carbocycles. The summed E-state index contributed by atoms with van der Waals surface area (Å²) in [5.41, 5.74) is 3.38. The van der Waals surface area contributed by atoms with Crippen LogP contribution in [0.25, 0.3) is 0 Å². The third-order valence-corrected chi connectivity index (χ3v) is 2.71. The molecule has 2 N–H and O–H groups in total. The lowest BCUT2D eigenvalue weighted by Gasteiger charge is -2.03. The number of nitrogens with one attached hydrogen (secondary N) is 2. The molecule has 0 aromatic carbocycles. The second kappa shape index (κ2) is 4.34. The average molecular weight is 220 g/mol. The average Bonchev–Trinajstić information content (AvgIpc) is 2.83. The van der Waals surface area contributed by atoms with Gasteiger partial charge in [-0.05, 0) is 13.3 Å². The highest BCUT2D eigenvalue weighted by Gasteiger charge is 2.07. The predicted molar refractivity (Wildman–Crippen MR) is 61.0 cm³/mol. The van der Waals surface area contributed by atoms with Crippen LogP contribution in [-0.2, 0) is 20.0 Å². The minimum atomic E-state index is 0.679. The quantitative estimate of drug-likeness (QED) is 0.807. The molecule has 0 radical (unpaired) electrons. The van der Waals surface area contributed by atoms with Gasteiger partial charge in [0, 0.05) is 18.3 Å². The Morgan fingerprint density at radius 1 is 1.50 bits per heavy atom. The van der Waals surface area contributed by atoms with Crippen molar-refractivity contribution >= 4 is 5.82 Å². The maximum absolute atomic E-state index is 4.23. The van der Waals surface area contributed by atoms with Crippen molar-refractivity contribution in [1.82, 2.24) is 25.2 Å². The van der Waals surface area contributed by atoms with Crippen LogP contribution in [0, 0.1) is 6.92 Å². The summed E-state index contributed by atoms with van der Waals surface area (Å²) in [6, 6.07) is 0. The van der Waals surface area contributed by atoms with Crippen molar-refractivity contribution in [3.63, 3.8) is 0 Å². The monoisotopic (exact) mass is 220 g/mol. The fourth-order valence-corrected chi connectivity index (χ4v) is 1.60. The van der Waals surface area contributed by atoms with Gasteiger partial charge in [0.1, 0.15) is 0 Å². The van der Waals surface area contributed by atoms with Crippen LogP contribution < -0.4 is 5.32 Å². The Morgan fingerprint density at radius 3 is 2.88 bits per heavy atom. The minimum absolute atomic E-state index is 0.679. The number of hydrogen-bond donors (Lipinski definition) is 2. The number of aromatic amines is 1. The second-order valence-electron chi connectivity index (χ2n) is 3.73. The lowest BCUT2D eigenvalue weighted by atomic mass is 10.2. The van der Waals surface area contributed by atoms with E-state index in [1.54, 1.807) is 10.9 Å². The summed E-state index contributed by atoms with van der Waals surface area (Å²) in [6.45, 7) is 4.85. The molecular weight excluding hydrogens is 204 g/mol. The zero-order chi connectivity index (χ0) is 11.5. The summed E-state index contributed by atoms with van der Waals surface area (Å²) in [7, 11) is 1.87. The van der Waals surface area contributed by atoms with E-state index < -0.39 is 0 Å². The number of aromatic nitrogens is 5. The van der Waals surface area contributed by atoms with E-state index in [0.717, 1.165) is 17.9 Å². The fourth-order valence-electron chi connectivity index (χ4n) is 1.60. The van der Waals surface area contributed by atoms with Crippen LogP contribution in [0.2, 0.25) is 0 Å². The SMILES string of the molecule is CCc1[nH]nc(NCc2cnnn2C)c1C. The smallest absolute Gasteiger partial charge is 0.151 e. The number of anilines is 1. The second-order valence-corrected chi connectivity index (χ2v) is 3.73. The molecule has 2 rings (SSSR count). The molecule has 0 saturated heterocycles. The highest BCUT2D eigenvalue weighted by Crippen LogP contribution is 2.15. The van der Waals surface area contributed by atoms with Crippen LogP contribution in [0.4, 0.5) is 5.82 Å². The van der Waals surface area contributed by atoms with Crippen molar-refractivity contribution in [2.24, 2.45) is 7.05 Å². The summed E-state index contributed by atoms with van der Waals surface area (Å²) in [5, 5.41) is 18.2. The highest BCUT2D eigenvalue weighted by atomic mass is 15.4. The zero-order valence-electron chi connectivity index (χ0n) is 9.78. The minimum Gasteiger partial charge on any atom is -0.363 e. The predicted octanol–water partition coefficient (Wildman–Crippen LogP) is 1.02. The first-order chi connectivity index (χ1) is 7.72. The Kier molecular flexibility index (Phi) is 2.89. The van der Waals surface area contributed by atoms with Gasteiger partial charge in [0.25, 0.3) is 0 Å². The molecule has 86 valence electrons. The molecule has 0 atom stereocenters. The van der Waals surface area contributed by atoms with E-state index in [0.29, 0.717) is 6.54 Å². The van der Waals surface area contributed by atoms with Gasteiger partial charge in [-0.1, -0.05) is 12.1 Å². The molecule has 2 heterocycles. The van der Waals surface area contributed by atoms with E-state index in [4.69, 9.17) is 0 Å². The first kappa shape index (κ1) is 10.7. The van der Waals surface area contributed by atoms with E-state index in [2.05, 4.69) is 39.7 Å². The van der Waals surface area contributed by atoms with Crippen molar-refractivity contribution in [3.05, 3.63) is 23.1 Å². The van der Waals surface area contributed by atoms with Crippen molar-refractivity contribution < 1.29 is 0 Å². The molecule has 0 saturated carbocycles. The van der Waals surface area contributed by atoms with Gasteiger partial charge in [-0.25, -0.2) is 0 Å². The Balaban J connectivity index is 2.05. The summed E-state index contributed by atoms with van der Waals surface area (Å²) in [4.78, 5) is 0. The summed E-state index contributed by atoms with van der Waals surface area (Å²) in [5.74, 6) is 0.901. The van der Waals surface area contributed by atoms with Crippen LogP contribution in [0.15, 0.2) is 6.20 Å². The molecule has 0 bridgehead atoms. The number of aryl methyl sites for hydroxylation is 2. The van der Waals surface area contributed by atoms with Crippen molar-refractivity contribution in [3.8, 4) is 0 Å². The van der Waals surface area contributed by atoms with E-state index in [9.17, 15) is 0 Å². The topological polar surface area (TPSA) is 71.4 Å². The molecule has 0 unspecified atom stereocenters. The van der Waals surface area contributed by atoms with Gasteiger partial charge in [0.2, 0.25) is 0 Å². The molecule has 2 aromatic rings. The van der Waals surface area contributed by atoms with Crippen LogP contribution in [0.5, 0.6) is 0 Å². The Hall–Kier alpha value is -1.85. The molecule has 2 aromatic heterocycles. The van der Waals surface area contributed by atoms with Crippen LogP contribution in [-0.4, -0.2) is 25.2 Å². The molecule has 0 spiro atoms. The lowest BCUT2D eigenvalue weighted by molar-refractivity contribution is 0.683. The van der Waals surface area contributed by atoms with E-state index >= 15 is 0 Å². The van der Waals surface area contributed by atoms with Crippen LogP contribution in [0.3, 0.4) is 0 Å². The molecule has 0 aliphatic heterocycles. The maximum atomic E-state index is 4.23. The molecule has 16 heavy (non-hydrogen) atoms. The molecule has 0 fully saturated rings. The number of rotatable bonds is 4. The third kappa shape index (κ3) is 1.91. The summed E-state index contributed by atoms with van der Waals surface area (Å²) in [6.07, 6.45) is 2.71. The zero-order valence-corrected chi connectivity index (χ0v) is 9.78. The standard InChI is InChI=1S/C10H16N6/c1-4-9-7(2)10(14-13-9)11-5-8-6-12-15-16(8)3/h6H,4-5H2,1-3H3,(H2,11,13,14). The maximum Gasteiger partial charge on any atom is 0.151 e. The summed E-state index contributed by atoms with van der Waals surface area (Å²) >= 11 is 0. The largest absolute Gasteiger partial charge is 0.363 e. The first-order valence-electron chi connectivity index (χ1n) is 5.33. The van der Waals surface area contributed by atoms with Crippen LogP contribution >= 0.6 is 0 Å². The van der Waals surface area contributed by atoms with E-state index in [1.165, 1.54) is 11.3 Å². The summed E-state index contributed by atoms with van der Waals surface area (Å²) < 4.78 is 1.75. The van der Waals surface area contributed by atoms with Gasteiger partial charge in [0.15, 0.2) is 5.82 Å². The Labute approximate surface area is 94.1 Å². The van der Waals surface area contributed by atoms with Gasteiger partial charge in [-0.15, -0.1) is 5.10 Å².